The molecule has 2 aliphatic heterocycles. The van der Waals surface area contributed by atoms with Crippen molar-refractivity contribution in [2.24, 2.45) is 0 Å². The summed E-state index contributed by atoms with van der Waals surface area (Å²) in [5.41, 5.74) is 0. The molecule has 36 heavy (non-hydrogen) atoms. The molecule has 192 valence electrons. The lowest BCUT2D eigenvalue weighted by atomic mass is 10.1. The Labute approximate surface area is 218 Å². The summed E-state index contributed by atoms with van der Waals surface area (Å²) in [6.45, 7) is 0.535. The van der Waals surface area contributed by atoms with Gasteiger partial charge in [-0.05, 0) is 56.0 Å². The minimum absolute atomic E-state index is 0.214. The van der Waals surface area contributed by atoms with E-state index in [0.29, 0.717) is 53.8 Å². The summed E-state index contributed by atoms with van der Waals surface area (Å²) >= 11 is 7.10. The van der Waals surface area contributed by atoms with Gasteiger partial charge in [0.1, 0.15) is 17.9 Å². The summed E-state index contributed by atoms with van der Waals surface area (Å²) in [4.78, 5) is 46.4. The molecule has 3 amide bonds. The van der Waals surface area contributed by atoms with Gasteiger partial charge in [0, 0.05) is 29.6 Å². The average Bonchev–Trinajstić information content (AvgIpc) is 3.50. The third-order valence-electron chi connectivity index (χ3n) is 5.96. The van der Waals surface area contributed by atoms with Gasteiger partial charge in [0.2, 0.25) is 27.7 Å². The summed E-state index contributed by atoms with van der Waals surface area (Å²) in [7, 11) is -3.89. The quantitative estimate of drug-likeness (QED) is 0.518. The zero-order valence-corrected chi connectivity index (χ0v) is 21.7. The number of thiophene rings is 1. The normalized spacial score (nSPS) is 20.8. The van der Waals surface area contributed by atoms with Crippen LogP contribution in [0.3, 0.4) is 0 Å². The van der Waals surface area contributed by atoms with E-state index in [4.69, 9.17) is 11.6 Å². The van der Waals surface area contributed by atoms with Crippen LogP contribution in [0.5, 0.6) is 0 Å². The summed E-state index contributed by atoms with van der Waals surface area (Å²) < 4.78 is 28.0. The molecule has 0 aliphatic carbocycles. The zero-order valence-electron chi connectivity index (χ0n) is 19.3. The number of piperidine rings is 1. The molecule has 2 atom stereocenters. The van der Waals surface area contributed by atoms with E-state index in [-0.39, 0.29) is 18.4 Å². The van der Waals surface area contributed by atoms with Crippen molar-refractivity contribution in [3.8, 4) is 0 Å². The van der Waals surface area contributed by atoms with Crippen molar-refractivity contribution in [2.75, 3.05) is 25.0 Å². The predicted molar refractivity (Wildman–Crippen MR) is 138 cm³/mol. The number of rotatable bonds is 8. The molecule has 0 unspecified atom stereocenters. The number of sulfonamides is 1. The van der Waals surface area contributed by atoms with Crippen LogP contribution in [0, 0.1) is 0 Å². The van der Waals surface area contributed by atoms with Gasteiger partial charge in [0.05, 0.1) is 10.9 Å². The van der Waals surface area contributed by atoms with Crippen molar-refractivity contribution < 1.29 is 22.8 Å². The molecule has 2 N–H and O–H groups in total. The molecule has 4 heterocycles. The van der Waals surface area contributed by atoms with Gasteiger partial charge < -0.3 is 15.1 Å². The van der Waals surface area contributed by atoms with E-state index in [2.05, 4.69) is 15.0 Å². The Kier molecular flexibility index (Phi) is 8.39. The lowest BCUT2D eigenvalue weighted by molar-refractivity contribution is -0.144. The van der Waals surface area contributed by atoms with Crippen LogP contribution in [0.25, 0.3) is 6.08 Å². The van der Waals surface area contributed by atoms with Gasteiger partial charge in [-0.2, -0.15) is 4.72 Å². The second kappa shape index (κ2) is 11.5. The zero-order chi connectivity index (χ0) is 25.7. The van der Waals surface area contributed by atoms with E-state index in [0.717, 1.165) is 5.41 Å². The average molecular weight is 552 g/mol. The van der Waals surface area contributed by atoms with E-state index in [1.165, 1.54) is 27.2 Å². The highest BCUT2D eigenvalue weighted by Gasteiger charge is 2.37. The number of carbonyl (C=O) groups is 3. The van der Waals surface area contributed by atoms with Crippen molar-refractivity contribution in [1.29, 1.82) is 0 Å². The summed E-state index contributed by atoms with van der Waals surface area (Å²) in [6, 6.07) is 6.90. The third kappa shape index (κ3) is 6.69. The fourth-order valence-corrected chi connectivity index (χ4v) is 6.33. The van der Waals surface area contributed by atoms with E-state index in [1.807, 2.05) is 0 Å². The molecule has 2 fully saturated rings. The van der Waals surface area contributed by atoms with Gasteiger partial charge >= 0.3 is 0 Å². The van der Waals surface area contributed by atoms with Crippen molar-refractivity contribution in [2.45, 2.75) is 37.8 Å². The number of hydrogen-bond donors (Lipinski definition) is 2. The first-order valence-corrected chi connectivity index (χ1v) is 14.2. The Hall–Kier alpha value is -2.80. The maximum absolute atomic E-state index is 13.1. The number of nitrogens with zero attached hydrogens (tertiary/aromatic N) is 3. The van der Waals surface area contributed by atoms with Crippen LogP contribution in [0.15, 0.2) is 41.9 Å². The molecule has 0 aromatic carbocycles. The molecule has 0 spiro atoms. The van der Waals surface area contributed by atoms with Crippen LogP contribution in [0.2, 0.25) is 4.34 Å². The standard InChI is InChI=1S/C23H26ClN5O5S2/c24-19-9-8-16(35-19)10-14-36(33,34)27-17-5-3-12-28(23(17)32)15-21(30)29-13-4-6-18(29)22(31)26-20-7-1-2-11-25-20/h1-2,7-11,14,17-18,27H,3-6,12-13,15H2,(H,25,26,31)/b14-10+/t17-,18-/m0/s1. The molecule has 2 aliphatic rings. The fraction of sp³-hybridized carbons (Fsp3) is 0.391. The van der Waals surface area contributed by atoms with E-state index < -0.39 is 28.0 Å². The SMILES string of the molecule is O=C(Nc1ccccn1)[C@@H]1CCCN1C(=O)CN1CCC[C@H](NS(=O)(=O)/C=C/c2ccc(Cl)s2)C1=O. The number of amides is 3. The van der Waals surface area contributed by atoms with Crippen LogP contribution < -0.4 is 10.0 Å². The van der Waals surface area contributed by atoms with Crippen LogP contribution in [-0.2, 0) is 24.4 Å². The third-order valence-corrected chi connectivity index (χ3v) is 8.26. The van der Waals surface area contributed by atoms with E-state index in [1.54, 1.807) is 36.5 Å². The monoisotopic (exact) mass is 551 g/mol. The molecule has 0 saturated carbocycles. The van der Waals surface area contributed by atoms with Gasteiger partial charge in [-0.1, -0.05) is 17.7 Å². The highest BCUT2D eigenvalue weighted by molar-refractivity contribution is 7.92. The van der Waals surface area contributed by atoms with Gasteiger partial charge in [-0.3, -0.25) is 14.4 Å². The highest BCUT2D eigenvalue weighted by Crippen LogP contribution is 2.23. The number of anilines is 1. The Morgan fingerprint density at radius 1 is 1.17 bits per heavy atom. The van der Waals surface area contributed by atoms with Gasteiger partial charge in [-0.15, -0.1) is 11.3 Å². The Morgan fingerprint density at radius 2 is 1.97 bits per heavy atom. The number of likely N-dealkylation sites (tertiary alicyclic amines) is 2. The molecule has 10 nitrogen and oxygen atoms in total. The molecule has 0 radical (unpaired) electrons. The number of aromatic nitrogens is 1. The maximum atomic E-state index is 13.1. The van der Waals surface area contributed by atoms with E-state index in [9.17, 15) is 22.8 Å². The molecule has 13 heteroatoms. The molecule has 2 aromatic rings. The highest BCUT2D eigenvalue weighted by atomic mass is 35.5. The second-order valence-corrected chi connectivity index (χ2v) is 11.9. The largest absolute Gasteiger partial charge is 0.332 e. The van der Waals surface area contributed by atoms with Crippen molar-refractivity contribution in [3.05, 3.63) is 51.2 Å². The summed E-state index contributed by atoms with van der Waals surface area (Å²) in [5, 5.41) is 3.73. The minimum Gasteiger partial charge on any atom is -0.332 e. The molecular formula is C23H26ClN5O5S2. The Morgan fingerprint density at radius 3 is 2.69 bits per heavy atom. The van der Waals surface area contributed by atoms with Crippen LogP contribution in [0.1, 0.15) is 30.6 Å². The first-order valence-electron chi connectivity index (χ1n) is 11.5. The smallest absolute Gasteiger partial charge is 0.248 e. The fourth-order valence-electron chi connectivity index (χ4n) is 4.26. The van der Waals surface area contributed by atoms with Gasteiger partial charge in [-0.25, -0.2) is 13.4 Å². The molecule has 2 saturated heterocycles. The molecule has 4 rings (SSSR count). The van der Waals surface area contributed by atoms with Gasteiger partial charge in [0.15, 0.2) is 0 Å². The van der Waals surface area contributed by atoms with Crippen molar-refractivity contribution in [3.63, 3.8) is 0 Å². The molecule has 0 bridgehead atoms. The predicted octanol–water partition coefficient (Wildman–Crippen LogP) is 2.31. The Balaban J connectivity index is 1.35. The number of nitrogens with one attached hydrogen (secondary N) is 2. The Bertz CT molecular complexity index is 1250. The van der Waals surface area contributed by atoms with Crippen LogP contribution in [0.4, 0.5) is 5.82 Å². The van der Waals surface area contributed by atoms with Crippen LogP contribution >= 0.6 is 22.9 Å². The number of carbonyl (C=O) groups excluding carboxylic acids is 3. The lowest BCUT2D eigenvalue weighted by Crippen LogP contribution is -2.55. The van der Waals surface area contributed by atoms with Crippen LogP contribution in [-0.4, -0.2) is 72.6 Å². The summed E-state index contributed by atoms with van der Waals surface area (Å²) in [5.74, 6) is -0.729. The summed E-state index contributed by atoms with van der Waals surface area (Å²) in [6.07, 6.45) is 5.04. The maximum Gasteiger partial charge on any atom is 0.248 e. The second-order valence-electron chi connectivity index (χ2n) is 8.51. The lowest BCUT2D eigenvalue weighted by Gasteiger charge is -2.33. The minimum atomic E-state index is -3.89. The molecule has 2 aromatic heterocycles. The molecular weight excluding hydrogens is 526 g/mol. The number of hydrogen-bond acceptors (Lipinski definition) is 7. The van der Waals surface area contributed by atoms with Crippen molar-refractivity contribution >= 4 is 62.6 Å². The number of pyridine rings is 1. The van der Waals surface area contributed by atoms with E-state index >= 15 is 0 Å². The van der Waals surface area contributed by atoms with Gasteiger partial charge in [0.25, 0.3) is 0 Å². The first-order chi connectivity index (χ1) is 17.2. The topological polar surface area (TPSA) is 129 Å². The number of halogens is 1. The first kappa shape index (κ1) is 26.3. The van der Waals surface area contributed by atoms with Crippen molar-refractivity contribution in [1.82, 2.24) is 19.5 Å².